The van der Waals surface area contributed by atoms with Crippen molar-refractivity contribution in [1.82, 2.24) is 4.90 Å². The van der Waals surface area contributed by atoms with Gasteiger partial charge >= 0.3 is 0 Å². The topological polar surface area (TPSA) is 75.4 Å². The monoisotopic (exact) mass is 429 g/mol. The number of benzene rings is 2. The summed E-state index contributed by atoms with van der Waals surface area (Å²) in [6.07, 6.45) is 0. The Morgan fingerprint density at radius 2 is 1.92 bits per heavy atom. The molecule has 0 unspecified atom stereocenters. The van der Waals surface area contributed by atoms with Gasteiger partial charge in [-0.3, -0.25) is 0 Å². The Bertz CT molecular complexity index is 836. The Morgan fingerprint density at radius 3 is 2.52 bits per heavy atom. The summed E-state index contributed by atoms with van der Waals surface area (Å²) in [6.45, 7) is 4.30. The van der Waals surface area contributed by atoms with Crippen LogP contribution in [-0.2, 0) is 23.1 Å². The number of hydrogen-bond acceptors (Lipinski definition) is 4. The average molecular weight is 430 g/mol. The number of anilines is 1. The molecule has 0 radical (unpaired) electrons. The predicted molar refractivity (Wildman–Crippen MR) is 101 cm³/mol. The number of sulfonamides is 1. The Balaban J connectivity index is 2.15. The van der Waals surface area contributed by atoms with Crippen LogP contribution in [0.3, 0.4) is 0 Å². The van der Waals surface area contributed by atoms with Crippen LogP contribution < -0.4 is 10.5 Å². The standard InChI is InChI=1S/C17H21BrFN3O2S/c1-3-22(2)11-13-6-4-5-12(7-13)10-21-17-15(18)8-14(9-16(17)19)25(20,23)24/h4-9,21H,3,10-11H2,1-2H3,(H2,20,23,24). The maximum absolute atomic E-state index is 14.2. The van der Waals surface area contributed by atoms with Crippen molar-refractivity contribution in [1.29, 1.82) is 0 Å². The second-order valence-corrected chi connectivity index (χ2v) is 8.23. The van der Waals surface area contributed by atoms with E-state index in [9.17, 15) is 12.8 Å². The summed E-state index contributed by atoms with van der Waals surface area (Å²) in [5.41, 5.74) is 2.38. The summed E-state index contributed by atoms with van der Waals surface area (Å²) >= 11 is 3.19. The Hall–Kier alpha value is -1.48. The van der Waals surface area contributed by atoms with Crippen LogP contribution in [0.1, 0.15) is 18.1 Å². The quantitative estimate of drug-likeness (QED) is 0.707. The van der Waals surface area contributed by atoms with Crippen molar-refractivity contribution in [3.63, 3.8) is 0 Å². The first-order valence-electron chi connectivity index (χ1n) is 7.72. The molecular formula is C17H21BrFN3O2S. The Morgan fingerprint density at radius 1 is 1.24 bits per heavy atom. The Kier molecular flexibility index (Phi) is 6.56. The van der Waals surface area contributed by atoms with E-state index in [1.165, 1.54) is 11.6 Å². The fourth-order valence-corrected chi connectivity index (χ4v) is 3.61. The van der Waals surface area contributed by atoms with Gasteiger partial charge in [-0.1, -0.05) is 31.2 Å². The first-order chi connectivity index (χ1) is 11.7. The number of nitrogens with two attached hydrogens (primary N) is 1. The van der Waals surface area contributed by atoms with Gasteiger partial charge in [0.2, 0.25) is 10.0 Å². The molecule has 0 aliphatic carbocycles. The van der Waals surface area contributed by atoms with Gasteiger partial charge in [-0.2, -0.15) is 0 Å². The summed E-state index contributed by atoms with van der Waals surface area (Å²) in [5.74, 6) is -0.680. The molecule has 3 N–H and O–H groups in total. The summed E-state index contributed by atoms with van der Waals surface area (Å²) in [5, 5.41) is 8.04. The molecule has 0 amide bonds. The average Bonchev–Trinajstić information content (AvgIpc) is 2.53. The van der Waals surface area contributed by atoms with Crippen molar-refractivity contribution in [2.24, 2.45) is 5.14 Å². The highest BCUT2D eigenvalue weighted by Gasteiger charge is 2.15. The zero-order valence-electron chi connectivity index (χ0n) is 14.1. The molecule has 0 heterocycles. The molecule has 0 saturated carbocycles. The molecule has 0 atom stereocenters. The summed E-state index contributed by atoms with van der Waals surface area (Å²) in [6, 6.07) is 10.2. The van der Waals surface area contributed by atoms with Crippen molar-refractivity contribution < 1.29 is 12.8 Å². The van der Waals surface area contributed by atoms with E-state index in [-0.39, 0.29) is 10.6 Å². The van der Waals surface area contributed by atoms with Crippen LogP contribution >= 0.6 is 15.9 Å². The highest BCUT2D eigenvalue weighted by atomic mass is 79.9. The van der Waals surface area contributed by atoms with Gasteiger partial charge in [0.1, 0.15) is 5.82 Å². The smallest absolute Gasteiger partial charge is 0.238 e. The molecular weight excluding hydrogens is 409 g/mol. The van der Waals surface area contributed by atoms with Gasteiger partial charge in [0.15, 0.2) is 0 Å². The summed E-state index contributed by atoms with van der Waals surface area (Å²) < 4.78 is 37.2. The lowest BCUT2D eigenvalue weighted by Gasteiger charge is -2.15. The number of hydrogen-bond donors (Lipinski definition) is 2. The molecule has 2 aromatic rings. The van der Waals surface area contributed by atoms with Crippen molar-refractivity contribution in [2.45, 2.75) is 24.9 Å². The molecule has 0 bridgehead atoms. The lowest BCUT2D eigenvalue weighted by molar-refractivity contribution is 0.345. The first kappa shape index (κ1) is 19.8. The van der Waals surface area contributed by atoms with E-state index in [2.05, 4.69) is 39.1 Å². The first-order valence-corrected chi connectivity index (χ1v) is 10.1. The minimum Gasteiger partial charge on any atom is -0.378 e. The molecule has 0 aromatic heterocycles. The van der Waals surface area contributed by atoms with Gasteiger partial charge in [-0.05, 0) is 52.8 Å². The fraction of sp³-hybridized carbons (Fsp3) is 0.294. The Labute approximate surface area is 156 Å². The minimum atomic E-state index is -3.95. The van der Waals surface area contributed by atoms with Crippen molar-refractivity contribution in [3.8, 4) is 0 Å². The van der Waals surface area contributed by atoms with E-state index in [4.69, 9.17) is 5.14 Å². The number of nitrogens with zero attached hydrogens (tertiary/aromatic N) is 1. The number of rotatable bonds is 7. The molecule has 5 nitrogen and oxygen atoms in total. The third-order valence-electron chi connectivity index (χ3n) is 3.80. The largest absolute Gasteiger partial charge is 0.378 e. The zero-order chi connectivity index (χ0) is 18.6. The molecule has 0 saturated heterocycles. The zero-order valence-corrected chi connectivity index (χ0v) is 16.5. The summed E-state index contributed by atoms with van der Waals surface area (Å²) in [4.78, 5) is 1.92. The second-order valence-electron chi connectivity index (χ2n) is 5.81. The maximum atomic E-state index is 14.2. The van der Waals surface area contributed by atoms with Crippen LogP contribution in [0.15, 0.2) is 45.8 Å². The van der Waals surface area contributed by atoms with E-state index in [1.807, 2.05) is 25.2 Å². The molecule has 2 aromatic carbocycles. The normalized spacial score (nSPS) is 11.8. The third kappa shape index (κ3) is 5.50. The van der Waals surface area contributed by atoms with Crippen LogP contribution in [0.2, 0.25) is 0 Å². The SMILES string of the molecule is CCN(C)Cc1cccc(CNc2c(F)cc(S(N)(=O)=O)cc2Br)c1. The number of nitrogens with one attached hydrogen (secondary N) is 1. The molecule has 25 heavy (non-hydrogen) atoms. The summed E-state index contributed by atoms with van der Waals surface area (Å²) in [7, 11) is -1.91. The van der Waals surface area contributed by atoms with Gasteiger partial charge in [0, 0.05) is 17.6 Å². The fourth-order valence-electron chi connectivity index (χ4n) is 2.33. The van der Waals surface area contributed by atoms with Crippen molar-refractivity contribution in [2.75, 3.05) is 18.9 Å². The second kappa shape index (κ2) is 8.27. The predicted octanol–water partition coefficient (Wildman–Crippen LogP) is 3.30. The van der Waals surface area contributed by atoms with Gasteiger partial charge in [0.25, 0.3) is 0 Å². The van der Waals surface area contributed by atoms with Crippen LogP contribution in [0.25, 0.3) is 0 Å². The van der Waals surface area contributed by atoms with Gasteiger partial charge in [-0.25, -0.2) is 17.9 Å². The molecule has 8 heteroatoms. The lowest BCUT2D eigenvalue weighted by Crippen LogP contribution is -2.16. The van der Waals surface area contributed by atoms with E-state index in [0.717, 1.165) is 24.7 Å². The van der Waals surface area contributed by atoms with Crippen LogP contribution in [0.5, 0.6) is 0 Å². The van der Waals surface area contributed by atoms with Crippen LogP contribution in [0.4, 0.5) is 10.1 Å². The van der Waals surface area contributed by atoms with Crippen molar-refractivity contribution in [3.05, 3.63) is 57.8 Å². The molecule has 0 aliphatic heterocycles. The molecule has 0 fully saturated rings. The molecule has 0 spiro atoms. The van der Waals surface area contributed by atoms with Crippen LogP contribution in [0, 0.1) is 5.82 Å². The van der Waals surface area contributed by atoms with Crippen molar-refractivity contribution >= 4 is 31.6 Å². The lowest BCUT2D eigenvalue weighted by atomic mass is 10.1. The van der Waals surface area contributed by atoms with Gasteiger partial charge in [-0.15, -0.1) is 0 Å². The van der Waals surface area contributed by atoms with Gasteiger partial charge < -0.3 is 10.2 Å². The minimum absolute atomic E-state index is 0.198. The van der Waals surface area contributed by atoms with Crippen LogP contribution in [-0.4, -0.2) is 26.9 Å². The number of primary sulfonamides is 1. The van der Waals surface area contributed by atoms with E-state index >= 15 is 0 Å². The number of halogens is 2. The highest BCUT2D eigenvalue weighted by molar-refractivity contribution is 9.10. The molecule has 2 rings (SSSR count). The van der Waals surface area contributed by atoms with E-state index < -0.39 is 15.8 Å². The maximum Gasteiger partial charge on any atom is 0.238 e. The van der Waals surface area contributed by atoms with Gasteiger partial charge in [0.05, 0.1) is 10.6 Å². The third-order valence-corrected chi connectivity index (χ3v) is 5.32. The molecule has 136 valence electrons. The highest BCUT2D eigenvalue weighted by Crippen LogP contribution is 2.29. The molecule has 0 aliphatic rings. The van der Waals surface area contributed by atoms with E-state index in [1.54, 1.807) is 0 Å². The van der Waals surface area contributed by atoms with E-state index in [0.29, 0.717) is 11.0 Å².